The van der Waals surface area contributed by atoms with E-state index in [1.165, 1.54) is 0 Å². The van der Waals surface area contributed by atoms with Gasteiger partial charge in [-0.3, -0.25) is 5.21 Å². The molecule has 142 valence electrons. The predicted octanol–water partition coefficient (Wildman–Crippen LogP) is 2.06. The van der Waals surface area contributed by atoms with E-state index in [0.717, 1.165) is 10.3 Å². The first-order valence-electron chi connectivity index (χ1n) is 8.94. The van der Waals surface area contributed by atoms with E-state index in [-0.39, 0.29) is 12.2 Å². The van der Waals surface area contributed by atoms with E-state index in [2.05, 4.69) is 0 Å². The first kappa shape index (κ1) is 17.9. The first-order valence-corrected chi connectivity index (χ1v) is 8.94. The molecule has 3 aliphatic heterocycles. The van der Waals surface area contributed by atoms with Gasteiger partial charge in [-0.2, -0.15) is 0 Å². The largest absolute Gasteiger partial charge is 0.342 e. The zero-order valence-corrected chi connectivity index (χ0v) is 15.5. The highest BCUT2D eigenvalue weighted by molar-refractivity contribution is 5.59. The van der Waals surface area contributed by atoms with Gasteiger partial charge in [-0.1, -0.05) is 30.3 Å². The Hall–Kier alpha value is -1.51. The zero-order valence-electron chi connectivity index (χ0n) is 15.5. The maximum absolute atomic E-state index is 10.4. The number of benzene rings is 1. The van der Waals surface area contributed by atoms with Crippen LogP contribution in [-0.2, 0) is 30.2 Å². The van der Waals surface area contributed by atoms with Crippen LogP contribution in [0, 0.1) is 0 Å². The van der Waals surface area contributed by atoms with E-state index in [4.69, 9.17) is 23.7 Å². The fraction of sp³-hybridized carbons (Fsp3) is 0.632. The fourth-order valence-electron chi connectivity index (χ4n) is 3.76. The topological polar surface area (TPSA) is 69.4 Å². The number of ether oxygens (including phenoxy) is 5. The lowest BCUT2D eigenvalue weighted by molar-refractivity contribution is -0.785. The maximum atomic E-state index is 10.4. The molecule has 0 aromatic heterocycles. The summed E-state index contributed by atoms with van der Waals surface area (Å²) >= 11 is 0. The SMILES string of the molecule is CC1(C)O[C@H]2[C@@H](O1)[C@@H](/C=[N+](\O)Cc1ccccc1)O[C@@H]1OC(C)(C)O[C@@H]12. The monoisotopic (exact) mass is 364 g/mol. The van der Waals surface area contributed by atoms with Crippen molar-refractivity contribution in [1.82, 2.24) is 0 Å². The number of fused-ring (bicyclic) bond motifs is 3. The molecule has 5 atom stereocenters. The van der Waals surface area contributed by atoms with E-state index >= 15 is 0 Å². The molecular weight excluding hydrogens is 338 g/mol. The minimum absolute atomic E-state index is 0.336. The van der Waals surface area contributed by atoms with Crippen LogP contribution in [-0.4, -0.2) is 58.4 Å². The molecule has 1 aromatic rings. The van der Waals surface area contributed by atoms with E-state index in [1.54, 1.807) is 6.21 Å². The molecule has 1 N–H and O–H groups in total. The van der Waals surface area contributed by atoms with Gasteiger partial charge >= 0.3 is 0 Å². The number of nitrogens with zero attached hydrogens (tertiary/aromatic N) is 1. The molecule has 3 heterocycles. The van der Waals surface area contributed by atoms with E-state index in [1.807, 2.05) is 58.0 Å². The normalized spacial score (nSPS) is 38.0. The second kappa shape index (κ2) is 6.28. The molecule has 7 nitrogen and oxygen atoms in total. The lowest BCUT2D eigenvalue weighted by atomic mass is 9.99. The molecule has 0 bridgehead atoms. The molecule has 0 spiro atoms. The third-order valence-corrected chi connectivity index (χ3v) is 4.70. The molecule has 3 saturated heterocycles. The Balaban J connectivity index is 1.56. The third kappa shape index (κ3) is 3.50. The van der Waals surface area contributed by atoms with Gasteiger partial charge in [0.15, 0.2) is 24.0 Å². The van der Waals surface area contributed by atoms with Crippen LogP contribution >= 0.6 is 0 Å². The molecule has 0 radical (unpaired) electrons. The van der Waals surface area contributed by atoms with Crippen LogP contribution in [0.4, 0.5) is 0 Å². The molecule has 3 aliphatic rings. The summed E-state index contributed by atoms with van der Waals surface area (Å²) in [5, 5.41) is 10.4. The molecule has 0 unspecified atom stereocenters. The highest BCUT2D eigenvalue weighted by atomic mass is 16.9. The smallest absolute Gasteiger partial charge is 0.224 e. The number of hydrogen-bond donors (Lipinski definition) is 1. The van der Waals surface area contributed by atoms with Gasteiger partial charge in [0, 0.05) is 5.56 Å². The van der Waals surface area contributed by atoms with Crippen LogP contribution in [0.2, 0.25) is 0 Å². The second-order valence-electron chi connectivity index (χ2n) is 7.87. The van der Waals surface area contributed by atoms with Gasteiger partial charge in [-0.15, -0.1) is 0 Å². The second-order valence-corrected chi connectivity index (χ2v) is 7.87. The highest BCUT2D eigenvalue weighted by Crippen LogP contribution is 2.43. The van der Waals surface area contributed by atoms with Gasteiger partial charge in [0.05, 0.1) is 0 Å². The fourth-order valence-corrected chi connectivity index (χ4v) is 3.76. The van der Waals surface area contributed by atoms with Crippen LogP contribution in [0.15, 0.2) is 30.3 Å². The molecular formula is C19H26NO6+. The van der Waals surface area contributed by atoms with Crippen molar-refractivity contribution in [3.8, 4) is 0 Å². The molecule has 3 fully saturated rings. The Morgan fingerprint density at radius 1 is 0.923 bits per heavy atom. The number of hydrogen-bond acceptors (Lipinski definition) is 6. The molecule has 0 saturated carbocycles. The predicted molar refractivity (Wildman–Crippen MR) is 90.8 cm³/mol. The number of hydroxylamine groups is 1. The summed E-state index contributed by atoms with van der Waals surface area (Å²) in [5.74, 6) is -1.51. The Labute approximate surface area is 153 Å². The Bertz CT molecular complexity index is 689. The molecule has 4 rings (SSSR count). The minimum Gasteiger partial charge on any atom is -0.342 e. The Kier molecular flexibility index (Phi) is 4.32. The summed E-state index contributed by atoms with van der Waals surface area (Å²) in [6, 6.07) is 9.71. The Morgan fingerprint density at radius 2 is 1.54 bits per heavy atom. The van der Waals surface area contributed by atoms with E-state index in [9.17, 15) is 5.21 Å². The van der Waals surface area contributed by atoms with Gasteiger partial charge in [0.2, 0.25) is 12.8 Å². The van der Waals surface area contributed by atoms with Crippen molar-refractivity contribution in [2.24, 2.45) is 0 Å². The third-order valence-electron chi connectivity index (χ3n) is 4.70. The van der Waals surface area contributed by atoms with E-state index < -0.39 is 30.1 Å². The van der Waals surface area contributed by atoms with Crippen molar-refractivity contribution in [3.63, 3.8) is 0 Å². The van der Waals surface area contributed by atoms with Crippen molar-refractivity contribution in [3.05, 3.63) is 35.9 Å². The van der Waals surface area contributed by atoms with Crippen molar-refractivity contribution in [2.75, 3.05) is 0 Å². The van der Waals surface area contributed by atoms with Crippen LogP contribution in [0.25, 0.3) is 0 Å². The van der Waals surface area contributed by atoms with Crippen molar-refractivity contribution < 1.29 is 33.6 Å². The number of rotatable bonds is 3. The van der Waals surface area contributed by atoms with Crippen LogP contribution in [0.3, 0.4) is 0 Å². The molecule has 0 amide bonds. The van der Waals surface area contributed by atoms with E-state index in [0.29, 0.717) is 6.54 Å². The average Bonchev–Trinajstić information content (AvgIpc) is 3.03. The minimum atomic E-state index is -0.756. The molecule has 7 heteroatoms. The maximum Gasteiger partial charge on any atom is 0.224 e. The van der Waals surface area contributed by atoms with Gasteiger partial charge in [0.1, 0.15) is 18.3 Å². The summed E-state index contributed by atoms with van der Waals surface area (Å²) in [5.41, 5.74) is 0.988. The van der Waals surface area contributed by atoms with Crippen molar-refractivity contribution in [1.29, 1.82) is 0 Å². The van der Waals surface area contributed by atoms with Crippen LogP contribution in [0.1, 0.15) is 33.3 Å². The zero-order chi connectivity index (χ0) is 18.5. The lowest BCUT2D eigenvalue weighted by Gasteiger charge is -2.34. The summed E-state index contributed by atoms with van der Waals surface area (Å²) < 4.78 is 31.1. The molecule has 0 aliphatic carbocycles. The summed E-state index contributed by atoms with van der Waals surface area (Å²) in [6.07, 6.45) is -0.585. The summed E-state index contributed by atoms with van der Waals surface area (Å²) in [7, 11) is 0. The molecule has 1 aromatic carbocycles. The van der Waals surface area contributed by atoms with Crippen molar-refractivity contribution >= 4 is 6.21 Å². The van der Waals surface area contributed by atoms with Gasteiger partial charge in [-0.25, -0.2) is 0 Å². The average molecular weight is 364 g/mol. The van der Waals surface area contributed by atoms with Crippen molar-refractivity contribution in [2.45, 2.75) is 76.5 Å². The first-order chi connectivity index (χ1) is 12.2. The van der Waals surface area contributed by atoms with Gasteiger partial charge in [-0.05, 0) is 32.4 Å². The van der Waals surface area contributed by atoms with Crippen LogP contribution in [0.5, 0.6) is 0 Å². The molecule has 26 heavy (non-hydrogen) atoms. The summed E-state index contributed by atoms with van der Waals surface area (Å²) in [4.78, 5) is 0. The summed E-state index contributed by atoms with van der Waals surface area (Å²) in [6.45, 7) is 7.76. The Morgan fingerprint density at radius 3 is 2.27 bits per heavy atom. The van der Waals surface area contributed by atoms with Gasteiger partial charge < -0.3 is 23.7 Å². The standard InChI is InChI=1S/C19H26NO6/c1-18(2)23-14-13(11-20(21)10-12-8-6-5-7-9-12)22-17-16(15(14)24-18)25-19(3,4)26-17/h5-9,11,13-17,21H,10H2,1-4H3/q+1/b20-11-/t13-,14+,15+,16-,17-/m1/s1. The van der Waals surface area contributed by atoms with Crippen LogP contribution < -0.4 is 0 Å². The lowest BCUT2D eigenvalue weighted by Crippen LogP contribution is -2.56. The highest BCUT2D eigenvalue weighted by Gasteiger charge is 2.61. The van der Waals surface area contributed by atoms with Gasteiger partial charge in [0.25, 0.3) is 0 Å². The quantitative estimate of drug-likeness (QED) is 0.383.